The van der Waals surface area contributed by atoms with Crippen LogP contribution < -0.4 is 16.0 Å². The van der Waals surface area contributed by atoms with Gasteiger partial charge in [0.1, 0.15) is 35.6 Å². The molecule has 14 heteroatoms. The van der Waals surface area contributed by atoms with Crippen LogP contribution in [0.25, 0.3) is 0 Å². The fourth-order valence-corrected chi connectivity index (χ4v) is 4.49. The van der Waals surface area contributed by atoms with Crippen molar-refractivity contribution in [2.45, 2.75) is 63.8 Å². The van der Waals surface area contributed by atoms with Gasteiger partial charge in [-0.2, -0.15) is 5.10 Å². The summed E-state index contributed by atoms with van der Waals surface area (Å²) in [4.78, 5) is 57.2. The molecule has 1 aliphatic rings. The number of hydrogen-bond acceptors (Lipinski definition) is 10. The third kappa shape index (κ3) is 8.78. The first-order valence-corrected chi connectivity index (χ1v) is 14.0. The number of ether oxygens (including phenoxy) is 2. The van der Waals surface area contributed by atoms with Crippen LogP contribution in [0.1, 0.15) is 54.8 Å². The van der Waals surface area contributed by atoms with Crippen molar-refractivity contribution < 1.29 is 33.2 Å². The fraction of sp³-hybridized carbons (Fsp3) is 0.483. The zero-order valence-electron chi connectivity index (χ0n) is 24.6. The van der Waals surface area contributed by atoms with Gasteiger partial charge in [-0.1, -0.05) is 49.3 Å². The third-order valence-corrected chi connectivity index (χ3v) is 6.91. The van der Waals surface area contributed by atoms with Crippen LogP contribution in [0.4, 0.5) is 0 Å². The lowest BCUT2D eigenvalue weighted by molar-refractivity contribution is -0.133. The Balaban J connectivity index is 1.47. The first-order valence-electron chi connectivity index (χ1n) is 14.0. The van der Waals surface area contributed by atoms with Crippen molar-refractivity contribution in [1.82, 2.24) is 36.3 Å². The molecule has 14 nitrogen and oxygen atoms in total. The predicted molar refractivity (Wildman–Crippen MR) is 152 cm³/mol. The molecule has 4 rings (SSSR count). The number of benzene rings is 1. The van der Waals surface area contributed by atoms with Crippen LogP contribution in [0.3, 0.4) is 0 Å². The minimum atomic E-state index is -1.16. The lowest BCUT2D eigenvalue weighted by atomic mass is 9.93. The van der Waals surface area contributed by atoms with Gasteiger partial charge in [0.25, 0.3) is 5.91 Å². The highest BCUT2D eigenvalue weighted by Crippen LogP contribution is 2.29. The van der Waals surface area contributed by atoms with Crippen LogP contribution in [-0.2, 0) is 36.7 Å². The molecule has 1 saturated heterocycles. The molecule has 230 valence electrons. The number of amides is 3. The quantitative estimate of drug-likeness (QED) is 0.172. The van der Waals surface area contributed by atoms with E-state index in [0.29, 0.717) is 24.6 Å². The molecule has 4 atom stereocenters. The van der Waals surface area contributed by atoms with E-state index < -0.39 is 41.4 Å². The molecular formula is C29H37N7O7. The first-order chi connectivity index (χ1) is 20.6. The van der Waals surface area contributed by atoms with Crippen molar-refractivity contribution in [3.63, 3.8) is 0 Å². The van der Waals surface area contributed by atoms with Gasteiger partial charge in [0.05, 0.1) is 25.7 Å². The molecule has 43 heavy (non-hydrogen) atoms. The van der Waals surface area contributed by atoms with Gasteiger partial charge in [0.15, 0.2) is 11.5 Å². The molecule has 3 amide bonds. The molecule has 0 unspecified atom stereocenters. The summed E-state index contributed by atoms with van der Waals surface area (Å²) in [7, 11) is 1.38. The number of nitrogens with one attached hydrogen (secondary N) is 4. The lowest BCUT2D eigenvalue weighted by Crippen LogP contribution is -2.58. The van der Waals surface area contributed by atoms with Crippen molar-refractivity contribution in [3.05, 3.63) is 65.6 Å². The lowest BCUT2D eigenvalue weighted by Gasteiger charge is -2.26. The van der Waals surface area contributed by atoms with E-state index in [2.05, 4.69) is 36.3 Å². The molecule has 1 fully saturated rings. The summed E-state index contributed by atoms with van der Waals surface area (Å²) in [6.45, 7) is 5.73. The van der Waals surface area contributed by atoms with Crippen molar-refractivity contribution in [1.29, 1.82) is 0 Å². The maximum atomic E-state index is 13.6. The van der Waals surface area contributed by atoms with Crippen LogP contribution in [0.15, 0.2) is 47.2 Å². The van der Waals surface area contributed by atoms with E-state index >= 15 is 0 Å². The molecule has 0 bridgehead atoms. The summed E-state index contributed by atoms with van der Waals surface area (Å²) < 4.78 is 15.7. The van der Waals surface area contributed by atoms with Crippen molar-refractivity contribution in [2.75, 3.05) is 20.3 Å². The summed E-state index contributed by atoms with van der Waals surface area (Å²) in [6, 6.07) is 7.58. The van der Waals surface area contributed by atoms with Gasteiger partial charge in [0, 0.05) is 19.6 Å². The Morgan fingerprint density at radius 3 is 2.37 bits per heavy atom. The minimum Gasteiger partial charge on any atom is -0.382 e. The monoisotopic (exact) mass is 595 g/mol. The Morgan fingerprint density at radius 2 is 1.74 bits per heavy atom. The van der Waals surface area contributed by atoms with Crippen molar-refractivity contribution in [2.24, 2.45) is 5.92 Å². The highest BCUT2D eigenvalue weighted by atomic mass is 16.6. The van der Waals surface area contributed by atoms with Gasteiger partial charge >= 0.3 is 0 Å². The minimum absolute atomic E-state index is 0.0483. The summed E-state index contributed by atoms with van der Waals surface area (Å²) in [6.07, 6.45) is 2.15. The SMILES string of the molecule is COC[C@H](NC(=O)c1cc(Cc2ncn[nH]2)on1)C(=O)N[C@@H](Cc1ccccc1)C(=O)N[C@@H](CC(C)C)C(=O)[C@]1(C)CO1. The highest BCUT2D eigenvalue weighted by molar-refractivity contribution is 5.99. The molecule has 3 heterocycles. The average Bonchev–Trinajstić information content (AvgIpc) is 3.33. The summed E-state index contributed by atoms with van der Waals surface area (Å²) in [5.74, 6) is -1.05. The topological polar surface area (TPSA) is 194 Å². The molecule has 0 radical (unpaired) electrons. The maximum absolute atomic E-state index is 13.6. The molecule has 3 aromatic rings. The van der Waals surface area contributed by atoms with Crippen molar-refractivity contribution in [3.8, 4) is 0 Å². The number of ketones is 1. The Hall–Kier alpha value is -4.43. The number of aromatic amines is 1. The van der Waals surface area contributed by atoms with Gasteiger partial charge in [-0.15, -0.1) is 0 Å². The molecule has 0 saturated carbocycles. The molecule has 1 aromatic carbocycles. The largest absolute Gasteiger partial charge is 0.382 e. The summed E-state index contributed by atoms with van der Waals surface area (Å²) in [5.41, 5.74) is -0.177. The second-order valence-corrected chi connectivity index (χ2v) is 11.1. The maximum Gasteiger partial charge on any atom is 0.274 e. The standard InChI is InChI=1S/C29H37N7O7/c1-17(2)10-20(25(37)29(3)15-42-29)32-26(38)21(11-18-8-6-5-7-9-18)33-28(40)23(14-41-4)34-27(39)22-12-19(43-36-22)13-24-30-16-31-35-24/h5-9,12,16-17,20-21,23H,10-11,13-15H2,1-4H3,(H,32,38)(H,33,40)(H,34,39)(H,30,31,35)/t20-,21-,23-,29-/m0/s1. The van der Waals surface area contributed by atoms with Gasteiger partial charge in [-0.3, -0.25) is 24.3 Å². The molecule has 0 aliphatic carbocycles. The van der Waals surface area contributed by atoms with Gasteiger partial charge in [-0.05, 0) is 24.8 Å². The number of H-pyrrole nitrogens is 1. The second-order valence-electron chi connectivity index (χ2n) is 11.1. The zero-order chi connectivity index (χ0) is 31.0. The number of aromatic nitrogens is 4. The first kappa shape index (κ1) is 31.5. The molecule has 0 spiro atoms. The number of carbonyl (C=O) groups excluding carboxylic acids is 4. The normalized spacial score (nSPS) is 18.0. The van der Waals surface area contributed by atoms with Crippen LogP contribution in [0.2, 0.25) is 0 Å². The van der Waals surface area contributed by atoms with Crippen LogP contribution in [0.5, 0.6) is 0 Å². The van der Waals surface area contributed by atoms with Crippen LogP contribution in [-0.4, -0.2) is 87.9 Å². The van der Waals surface area contributed by atoms with E-state index in [0.717, 1.165) is 5.56 Å². The number of methoxy groups -OCH3 is 1. The van der Waals surface area contributed by atoms with Crippen molar-refractivity contribution >= 4 is 23.5 Å². The van der Waals surface area contributed by atoms with E-state index in [1.807, 2.05) is 44.2 Å². The number of rotatable bonds is 16. The molecule has 2 aromatic heterocycles. The summed E-state index contributed by atoms with van der Waals surface area (Å²) >= 11 is 0. The van der Waals surface area contributed by atoms with E-state index in [1.165, 1.54) is 19.5 Å². The van der Waals surface area contributed by atoms with Gasteiger partial charge in [-0.25, -0.2) is 4.98 Å². The third-order valence-electron chi connectivity index (χ3n) is 6.91. The predicted octanol–water partition coefficient (Wildman–Crippen LogP) is 0.745. The number of nitrogens with zero attached hydrogens (tertiary/aromatic N) is 3. The van der Waals surface area contributed by atoms with E-state index in [-0.39, 0.29) is 36.8 Å². The second kappa shape index (κ2) is 14.2. The number of carbonyl (C=O) groups is 4. The van der Waals surface area contributed by atoms with Gasteiger partial charge in [0.2, 0.25) is 11.8 Å². The summed E-state index contributed by atoms with van der Waals surface area (Å²) in [5, 5.41) is 18.4. The number of epoxide rings is 1. The van der Waals surface area contributed by atoms with Gasteiger partial charge < -0.3 is 29.9 Å². The zero-order valence-corrected chi connectivity index (χ0v) is 24.6. The molecule has 1 aliphatic heterocycles. The van der Waals surface area contributed by atoms with E-state index in [1.54, 1.807) is 6.92 Å². The average molecular weight is 596 g/mol. The van der Waals surface area contributed by atoms with Crippen LogP contribution in [0, 0.1) is 5.92 Å². The van der Waals surface area contributed by atoms with Crippen LogP contribution >= 0.6 is 0 Å². The molecular weight excluding hydrogens is 558 g/mol. The Bertz CT molecular complexity index is 1390. The van der Waals surface area contributed by atoms with E-state index in [4.69, 9.17) is 14.0 Å². The highest BCUT2D eigenvalue weighted by Gasteiger charge is 2.50. The van der Waals surface area contributed by atoms with E-state index in [9.17, 15) is 19.2 Å². The number of hydrogen-bond donors (Lipinski definition) is 4. The Morgan fingerprint density at radius 1 is 1.05 bits per heavy atom. The smallest absolute Gasteiger partial charge is 0.274 e. The number of Topliss-reactive ketones (excluding diaryl/α,β-unsaturated/α-hetero) is 1. The Labute approximate surface area is 248 Å². The Kier molecular flexibility index (Phi) is 10.4. The fourth-order valence-electron chi connectivity index (χ4n) is 4.49. The molecule has 4 N–H and O–H groups in total.